The zero-order valence-electron chi connectivity index (χ0n) is 16.9. The molecular weight excluding hydrogens is 328 g/mol. The van der Waals surface area contributed by atoms with Gasteiger partial charge in [0.25, 0.3) is 0 Å². The first kappa shape index (κ1) is 22.0. The summed E-state index contributed by atoms with van der Waals surface area (Å²) in [6.45, 7) is 12.5. The maximum atomic E-state index is 12.3. The van der Waals surface area contributed by atoms with Crippen molar-refractivity contribution in [3.63, 3.8) is 0 Å². The fourth-order valence-electron chi connectivity index (χ4n) is 2.55. The number of nitrogens with one attached hydrogen (secondary N) is 1. The lowest BCUT2D eigenvalue weighted by molar-refractivity contribution is -0.131. The molecule has 0 spiro atoms. The molecule has 0 aliphatic rings. The molecule has 6 nitrogen and oxygen atoms in total. The maximum Gasteiger partial charge on any atom is 0.242 e. The number of likely N-dealkylation sites (N-methyl/N-ethyl adjacent to an activating group) is 2. The van der Waals surface area contributed by atoms with Crippen LogP contribution in [0.5, 0.6) is 0 Å². The van der Waals surface area contributed by atoms with Gasteiger partial charge in [0.15, 0.2) is 5.96 Å². The van der Waals surface area contributed by atoms with Crippen LogP contribution < -0.4 is 5.32 Å². The smallest absolute Gasteiger partial charge is 0.242 e. The lowest BCUT2D eigenvalue weighted by Crippen LogP contribution is -2.45. The molecule has 0 saturated carbocycles. The van der Waals surface area contributed by atoms with E-state index in [1.807, 2.05) is 44.5 Å². The zero-order valence-corrected chi connectivity index (χ0v) is 16.9. The van der Waals surface area contributed by atoms with Gasteiger partial charge in [-0.3, -0.25) is 4.79 Å². The van der Waals surface area contributed by atoms with E-state index in [1.54, 1.807) is 0 Å². The van der Waals surface area contributed by atoms with E-state index in [0.717, 1.165) is 43.3 Å². The van der Waals surface area contributed by atoms with E-state index in [-0.39, 0.29) is 5.91 Å². The van der Waals surface area contributed by atoms with Crippen molar-refractivity contribution in [1.29, 1.82) is 0 Å². The molecule has 0 unspecified atom stereocenters. The number of guanidine groups is 1. The van der Waals surface area contributed by atoms with Crippen LogP contribution in [0.3, 0.4) is 0 Å². The number of aliphatic imine (C=N–C) groups is 1. The summed E-state index contributed by atoms with van der Waals surface area (Å²) in [5.41, 5.74) is 2.29. The fraction of sp³-hybridized carbons (Fsp3) is 0.600. The predicted octanol–water partition coefficient (Wildman–Crippen LogP) is 2.49. The van der Waals surface area contributed by atoms with E-state index in [2.05, 4.69) is 34.6 Å². The average Bonchev–Trinajstić information content (AvgIpc) is 2.65. The summed E-state index contributed by atoms with van der Waals surface area (Å²) >= 11 is 0. The van der Waals surface area contributed by atoms with Gasteiger partial charge in [0, 0.05) is 33.3 Å². The van der Waals surface area contributed by atoms with Gasteiger partial charge in [0.1, 0.15) is 0 Å². The van der Waals surface area contributed by atoms with Gasteiger partial charge in [-0.25, -0.2) is 4.99 Å². The second-order valence-electron chi connectivity index (χ2n) is 6.05. The number of hydrogen-bond acceptors (Lipinski definition) is 3. The largest absolute Gasteiger partial charge is 0.377 e. The van der Waals surface area contributed by atoms with Gasteiger partial charge in [0.2, 0.25) is 5.91 Å². The van der Waals surface area contributed by atoms with Gasteiger partial charge < -0.3 is 19.9 Å². The van der Waals surface area contributed by atoms with Crippen molar-refractivity contribution < 1.29 is 9.53 Å². The number of ether oxygens (including phenoxy) is 1. The first-order valence-corrected chi connectivity index (χ1v) is 9.48. The number of benzene rings is 1. The van der Waals surface area contributed by atoms with Crippen LogP contribution in [0.4, 0.5) is 0 Å². The van der Waals surface area contributed by atoms with Gasteiger partial charge in [-0.1, -0.05) is 24.3 Å². The van der Waals surface area contributed by atoms with Gasteiger partial charge in [-0.2, -0.15) is 0 Å². The summed E-state index contributed by atoms with van der Waals surface area (Å²) in [7, 11) is 1.90. The first-order valence-electron chi connectivity index (χ1n) is 9.48. The van der Waals surface area contributed by atoms with Gasteiger partial charge in [-0.15, -0.1) is 0 Å². The SMILES string of the molecule is CCNC(=NCc1ccc(COCC)cc1)N(C)CC(=O)N(CC)CC. The highest BCUT2D eigenvalue weighted by atomic mass is 16.5. The third kappa shape index (κ3) is 7.44. The fourth-order valence-corrected chi connectivity index (χ4v) is 2.55. The molecule has 0 aromatic heterocycles. The van der Waals surface area contributed by atoms with Crippen LogP contribution in [0.15, 0.2) is 29.3 Å². The summed E-state index contributed by atoms with van der Waals surface area (Å²) in [5, 5.41) is 3.26. The average molecular weight is 363 g/mol. The van der Waals surface area contributed by atoms with Crippen molar-refractivity contribution in [3.8, 4) is 0 Å². The molecule has 1 aromatic rings. The quantitative estimate of drug-likeness (QED) is 0.513. The lowest BCUT2D eigenvalue weighted by atomic mass is 10.1. The van der Waals surface area contributed by atoms with Crippen molar-refractivity contribution in [2.24, 2.45) is 4.99 Å². The monoisotopic (exact) mass is 362 g/mol. The number of carbonyl (C=O) groups excluding carboxylic acids is 1. The lowest BCUT2D eigenvalue weighted by Gasteiger charge is -2.25. The summed E-state index contributed by atoms with van der Waals surface area (Å²) in [4.78, 5) is 20.7. The Balaban J connectivity index is 2.71. The van der Waals surface area contributed by atoms with Crippen LogP contribution in [-0.2, 0) is 22.7 Å². The van der Waals surface area contributed by atoms with Crippen molar-refractivity contribution in [2.45, 2.75) is 40.8 Å². The van der Waals surface area contributed by atoms with Crippen molar-refractivity contribution >= 4 is 11.9 Å². The highest BCUT2D eigenvalue weighted by Crippen LogP contribution is 2.07. The molecule has 1 amide bonds. The highest BCUT2D eigenvalue weighted by Gasteiger charge is 2.14. The van der Waals surface area contributed by atoms with Crippen LogP contribution in [0.25, 0.3) is 0 Å². The standard InChI is InChI=1S/C20H34N4O2/c1-6-21-20(23(5)15-19(25)24(7-2)8-3)22-14-17-10-12-18(13-11-17)16-26-9-4/h10-13H,6-9,14-16H2,1-5H3,(H,21,22). The Morgan fingerprint density at radius 3 is 2.23 bits per heavy atom. The Labute approximate surface area is 158 Å². The Morgan fingerprint density at radius 2 is 1.69 bits per heavy atom. The third-order valence-corrected chi connectivity index (χ3v) is 4.09. The van der Waals surface area contributed by atoms with Crippen molar-refractivity contribution in [3.05, 3.63) is 35.4 Å². The molecule has 0 bridgehead atoms. The Bertz CT molecular complexity index is 553. The second kappa shape index (κ2) is 12.3. The molecule has 0 aliphatic carbocycles. The first-order chi connectivity index (χ1) is 12.5. The number of carbonyl (C=O) groups is 1. The Hall–Kier alpha value is -2.08. The van der Waals surface area contributed by atoms with Crippen LogP contribution >= 0.6 is 0 Å². The van der Waals surface area contributed by atoms with Crippen LogP contribution in [0, 0.1) is 0 Å². The van der Waals surface area contributed by atoms with E-state index in [1.165, 1.54) is 0 Å². The molecular formula is C20H34N4O2. The predicted molar refractivity (Wildman–Crippen MR) is 107 cm³/mol. The molecule has 146 valence electrons. The third-order valence-electron chi connectivity index (χ3n) is 4.09. The zero-order chi connectivity index (χ0) is 19.4. The summed E-state index contributed by atoms with van der Waals surface area (Å²) in [6, 6.07) is 8.28. The van der Waals surface area contributed by atoms with Crippen LogP contribution in [-0.4, -0.2) is 61.5 Å². The summed E-state index contributed by atoms with van der Waals surface area (Å²) < 4.78 is 5.42. The molecule has 1 aromatic carbocycles. The number of amides is 1. The number of rotatable bonds is 10. The maximum absolute atomic E-state index is 12.3. The molecule has 0 heterocycles. The molecule has 0 aliphatic heterocycles. The van der Waals surface area contributed by atoms with E-state index in [0.29, 0.717) is 19.7 Å². The van der Waals surface area contributed by atoms with E-state index >= 15 is 0 Å². The molecule has 0 radical (unpaired) electrons. The molecule has 6 heteroatoms. The van der Waals surface area contributed by atoms with Crippen molar-refractivity contribution in [1.82, 2.24) is 15.1 Å². The molecule has 26 heavy (non-hydrogen) atoms. The Morgan fingerprint density at radius 1 is 1.08 bits per heavy atom. The molecule has 0 atom stereocenters. The topological polar surface area (TPSA) is 57.2 Å². The van der Waals surface area contributed by atoms with E-state index < -0.39 is 0 Å². The van der Waals surface area contributed by atoms with Crippen LogP contribution in [0.1, 0.15) is 38.8 Å². The second-order valence-corrected chi connectivity index (χ2v) is 6.05. The normalized spacial score (nSPS) is 11.3. The number of hydrogen-bond donors (Lipinski definition) is 1. The van der Waals surface area contributed by atoms with Crippen molar-refractivity contribution in [2.75, 3.05) is 39.8 Å². The summed E-state index contributed by atoms with van der Waals surface area (Å²) in [6.07, 6.45) is 0. The minimum atomic E-state index is 0.114. The minimum Gasteiger partial charge on any atom is -0.377 e. The molecule has 0 saturated heterocycles. The van der Waals surface area contributed by atoms with E-state index in [9.17, 15) is 4.79 Å². The van der Waals surface area contributed by atoms with Gasteiger partial charge >= 0.3 is 0 Å². The number of nitrogens with zero attached hydrogens (tertiary/aromatic N) is 3. The molecule has 1 rings (SSSR count). The summed E-state index contributed by atoms with van der Waals surface area (Å²) in [5.74, 6) is 0.856. The van der Waals surface area contributed by atoms with Gasteiger partial charge in [0.05, 0.1) is 19.7 Å². The minimum absolute atomic E-state index is 0.114. The highest BCUT2D eigenvalue weighted by molar-refractivity contribution is 5.86. The Kier molecular flexibility index (Phi) is 10.4. The molecule has 1 N–H and O–H groups in total. The van der Waals surface area contributed by atoms with Crippen LogP contribution in [0.2, 0.25) is 0 Å². The van der Waals surface area contributed by atoms with E-state index in [4.69, 9.17) is 4.74 Å². The van der Waals surface area contributed by atoms with Gasteiger partial charge in [-0.05, 0) is 38.8 Å². The molecule has 0 fully saturated rings.